The molecule has 0 aromatic heterocycles. The molecule has 0 aliphatic heterocycles. The normalized spacial score (nSPS) is 17.4. The minimum absolute atomic E-state index is 0.451. The molecule has 1 aromatic rings. The third-order valence-electron chi connectivity index (χ3n) is 2.88. The topological polar surface area (TPSA) is 21.3 Å². The smallest absolute Gasteiger partial charge is 0.119 e. The predicted molar refractivity (Wildman–Crippen MR) is 62.2 cm³/mol. The van der Waals surface area contributed by atoms with Crippen LogP contribution in [0.5, 0.6) is 5.75 Å². The maximum absolute atomic E-state index is 5.60. The minimum atomic E-state index is 0.451. The van der Waals surface area contributed by atoms with E-state index in [-0.39, 0.29) is 0 Å². The largest absolute Gasteiger partial charge is 0.494 e. The molecule has 2 nitrogen and oxygen atoms in total. The molecule has 0 radical (unpaired) electrons. The minimum Gasteiger partial charge on any atom is -0.494 e. The first kappa shape index (κ1) is 10.5. The van der Waals surface area contributed by atoms with Crippen molar-refractivity contribution in [2.24, 2.45) is 0 Å². The van der Waals surface area contributed by atoms with Gasteiger partial charge in [0.05, 0.1) is 6.61 Å². The van der Waals surface area contributed by atoms with Gasteiger partial charge in [0.25, 0.3) is 0 Å². The van der Waals surface area contributed by atoms with Crippen molar-refractivity contribution in [2.75, 3.05) is 13.2 Å². The summed E-state index contributed by atoms with van der Waals surface area (Å²) in [6.07, 6.45) is 3.73. The number of hydrogen-bond acceptors (Lipinski definition) is 2. The van der Waals surface area contributed by atoms with Crippen molar-refractivity contribution in [2.45, 2.75) is 31.7 Å². The van der Waals surface area contributed by atoms with E-state index < -0.39 is 0 Å². The second-order valence-electron chi connectivity index (χ2n) is 4.50. The molecule has 1 aliphatic carbocycles. The van der Waals surface area contributed by atoms with Crippen molar-refractivity contribution < 1.29 is 4.74 Å². The van der Waals surface area contributed by atoms with E-state index in [1.54, 1.807) is 0 Å². The van der Waals surface area contributed by atoms with Gasteiger partial charge in [-0.15, -0.1) is 0 Å². The molecule has 0 unspecified atom stereocenters. The third kappa shape index (κ3) is 3.56. The summed E-state index contributed by atoms with van der Waals surface area (Å²) >= 11 is 0. The average molecular weight is 205 g/mol. The van der Waals surface area contributed by atoms with Crippen LogP contribution in [-0.2, 0) is 0 Å². The lowest BCUT2D eigenvalue weighted by molar-refractivity contribution is 0.304. The highest BCUT2D eigenvalue weighted by Crippen LogP contribution is 2.33. The van der Waals surface area contributed by atoms with Gasteiger partial charge >= 0.3 is 0 Å². The fourth-order valence-corrected chi connectivity index (χ4v) is 1.53. The highest BCUT2D eigenvalue weighted by Gasteiger charge is 2.35. The first-order valence-corrected chi connectivity index (χ1v) is 5.71. The molecule has 0 amide bonds. The van der Waals surface area contributed by atoms with E-state index in [2.05, 4.69) is 12.2 Å². The number of benzene rings is 1. The van der Waals surface area contributed by atoms with E-state index in [4.69, 9.17) is 4.74 Å². The van der Waals surface area contributed by atoms with Gasteiger partial charge in [-0.05, 0) is 44.9 Å². The molecule has 1 N–H and O–H groups in total. The van der Waals surface area contributed by atoms with Gasteiger partial charge in [0.15, 0.2) is 0 Å². The Morgan fingerprint density at radius 2 is 2.00 bits per heavy atom. The second kappa shape index (κ2) is 4.67. The van der Waals surface area contributed by atoms with Crippen molar-refractivity contribution in [3.05, 3.63) is 30.3 Å². The summed E-state index contributed by atoms with van der Waals surface area (Å²) in [5.41, 5.74) is 0.451. The molecule has 1 fully saturated rings. The Bertz CT molecular complexity index is 293. The summed E-state index contributed by atoms with van der Waals surface area (Å²) < 4.78 is 5.60. The first-order chi connectivity index (χ1) is 7.29. The van der Waals surface area contributed by atoms with E-state index in [9.17, 15) is 0 Å². The standard InChI is InChI=1S/C13H19NO/c1-13(8-9-13)14-10-5-11-15-12-6-3-2-4-7-12/h2-4,6-7,14H,5,8-11H2,1H3. The summed E-state index contributed by atoms with van der Waals surface area (Å²) in [4.78, 5) is 0. The molecule has 1 aromatic carbocycles. The Labute approximate surface area is 91.6 Å². The van der Waals surface area contributed by atoms with E-state index in [1.165, 1.54) is 12.8 Å². The van der Waals surface area contributed by atoms with Gasteiger partial charge in [-0.3, -0.25) is 0 Å². The first-order valence-electron chi connectivity index (χ1n) is 5.71. The third-order valence-corrected chi connectivity index (χ3v) is 2.88. The molecule has 2 heteroatoms. The molecule has 0 spiro atoms. The van der Waals surface area contributed by atoms with Gasteiger partial charge in [0.2, 0.25) is 0 Å². The molecule has 0 bridgehead atoms. The number of para-hydroxylation sites is 1. The van der Waals surface area contributed by atoms with Crippen LogP contribution in [-0.4, -0.2) is 18.7 Å². The van der Waals surface area contributed by atoms with E-state index in [0.717, 1.165) is 25.3 Å². The Hall–Kier alpha value is -1.02. The molecule has 1 saturated carbocycles. The summed E-state index contributed by atoms with van der Waals surface area (Å²) in [6, 6.07) is 9.99. The molecule has 15 heavy (non-hydrogen) atoms. The van der Waals surface area contributed by atoms with Crippen LogP contribution < -0.4 is 10.1 Å². The Balaban J connectivity index is 1.55. The number of hydrogen-bond donors (Lipinski definition) is 1. The van der Waals surface area contributed by atoms with E-state index in [1.807, 2.05) is 30.3 Å². The molecule has 1 aliphatic rings. The number of rotatable bonds is 6. The maximum Gasteiger partial charge on any atom is 0.119 e. The molecule has 0 heterocycles. The quantitative estimate of drug-likeness (QED) is 0.721. The number of nitrogens with one attached hydrogen (secondary N) is 1. The average Bonchev–Trinajstić information content (AvgIpc) is 2.98. The highest BCUT2D eigenvalue weighted by molar-refractivity contribution is 5.20. The van der Waals surface area contributed by atoms with Gasteiger partial charge in [0.1, 0.15) is 5.75 Å². The summed E-state index contributed by atoms with van der Waals surface area (Å²) in [5.74, 6) is 0.968. The summed E-state index contributed by atoms with van der Waals surface area (Å²) in [7, 11) is 0. The summed E-state index contributed by atoms with van der Waals surface area (Å²) in [5, 5.41) is 3.54. The monoisotopic (exact) mass is 205 g/mol. The van der Waals surface area contributed by atoms with Gasteiger partial charge < -0.3 is 10.1 Å². The zero-order valence-corrected chi connectivity index (χ0v) is 9.33. The fourth-order valence-electron chi connectivity index (χ4n) is 1.53. The van der Waals surface area contributed by atoms with Gasteiger partial charge in [-0.2, -0.15) is 0 Å². The van der Waals surface area contributed by atoms with Crippen molar-refractivity contribution >= 4 is 0 Å². The SMILES string of the molecule is CC1(NCCCOc2ccccc2)CC1. The lowest BCUT2D eigenvalue weighted by Gasteiger charge is -2.11. The maximum atomic E-state index is 5.60. The fraction of sp³-hybridized carbons (Fsp3) is 0.538. The zero-order chi connectivity index (χ0) is 10.6. The van der Waals surface area contributed by atoms with Crippen molar-refractivity contribution in [3.63, 3.8) is 0 Å². The van der Waals surface area contributed by atoms with Crippen LogP contribution in [0.2, 0.25) is 0 Å². The predicted octanol–water partition coefficient (Wildman–Crippen LogP) is 2.60. The Morgan fingerprint density at radius 3 is 2.67 bits per heavy atom. The van der Waals surface area contributed by atoms with Gasteiger partial charge in [-0.1, -0.05) is 18.2 Å². The Morgan fingerprint density at radius 1 is 1.27 bits per heavy atom. The Kier molecular flexibility index (Phi) is 3.27. The molecule has 82 valence electrons. The van der Waals surface area contributed by atoms with Crippen LogP contribution >= 0.6 is 0 Å². The van der Waals surface area contributed by atoms with E-state index >= 15 is 0 Å². The van der Waals surface area contributed by atoms with Crippen molar-refractivity contribution in [1.82, 2.24) is 5.32 Å². The van der Waals surface area contributed by atoms with E-state index in [0.29, 0.717) is 5.54 Å². The molecule has 2 rings (SSSR count). The van der Waals surface area contributed by atoms with Crippen LogP contribution in [0.3, 0.4) is 0 Å². The van der Waals surface area contributed by atoms with Crippen molar-refractivity contribution in [1.29, 1.82) is 0 Å². The lowest BCUT2D eigenvalue weighted by atomic mass is 10.3. The second-order valence-corrected chi connectivity index (χ2v) is 4.50. The van der Waals surface area contributed by atoms with Crippen LogP contribution in [0, 0.1) is 0 Å². The molecular weight excluding hydrogens is 186 g/mol. The van der Waals surface area contributed by atoms with Crippen LogP contribution in [0.4, 0.5) is 0 Å². The summed E-state index contributed by atoms with van der Waals surface area (Å²) in [6.45, 7) is 4.14. The van der Waals surface area contributed by atoms with Crippen LogP contribution in [0.25, 0.3) is 0 Å². The molecule has 0 atom stereocenters. The lowest BCUT2D eigenvalue weighted by Crippen LogP contribution is -2.29. The van der Waals surface area contributed by atoms with Crippen molar-refractivity contribution in [3.8, 4) is 5.75 Å². The van der Waals surface area contributed by atoms with Gasteiger partial charge in [-0.25, -0.2) is 0 Å². The molecule has 0 saturated heterocycles. The molecular formula is C13H19NO. The zero-order valence-electron chi connectivity index (χ0n) is 9.33. The highest BCUT2D eigenvalue weighted by atomic mass is 16.5. The van der Waals surface area contributed by atoms with Gasteiger partial charge in [0, 0.05) is 5.54 Å². The van der Waals surface area contributed by atoms with Crippen LogP contribution in [0.15, 0.2) is 30.3 Å². The number of ether oxygens (including phenoxy) is 1. The van der Waals surface area contributed by atoms with Crippen LogP contribution in [0.1, 0.15) is 26.2 Å².